The van der Waals surface area contributed by atoms with Crippen molar-refractivity contribution in [3.8, 4) is 0 Å². The second-order valence-corrected chi connectivity index (χ2v) is 6.67. The number of nitrogens with zero attached hydrogens (tertiary/aromatic N) is 4. The molecular weight excluding hydrogens is 328 g/mol. The lowest BCUT2D eigenvalue weighted by Crippen LogP contribution is -2.30. The van der Waals surface area contributed by atoms with Gasteiger partial charge in [0, 0.05) is 41.4 Å². The first-order valence-corrected chi connectivity index (χ1v) is 8.85. The molecule has 3 N–H and O–H groups in total. The van der Waals surface area contributed by atoms with Crippen molar-refractivity contribution < 1.29 is 5.11 Å². The first-order chi connectivity index (χ1) is 12.7. The van der Waals surface area contributed by atoms with E-state index in [-0.39, 0.29) is 0 Å². The Morgan fingerprint density at radius 2 is 2.12 bits per heavy atom. The van der Waals surface area contributed by atoms with Gasteiger partial charge in [0.1, 0.15) is 0 Å². The van der Waals surface area contributed by atoms with E-state index in [0.29, 0.717) is 18.2 Å². The summed E-state index contributed by atoms with van der Waals surface area (Å²) in [6, 6.07) is 12.3. The van der Waals surface area contributed by atoms with Gasteiger partial charge in [0.15, 0.2) is 5.65 Å². The average Bonchev–Trinajstić information content (AvgIpc) is 3.30. The van der Waals surface area contributed by atoms with Crippen LogP contribution < -0.4 is 5.32 Å². The molecule has 2 unspecified atom stereocenters. The molecule has 0 saturated carbocycles. The van der Waals surface area contributed by atoms with Gasteiger partial charge in [-0.1, -0.05) is 24.3 Å². The molecule has 4 aromatic rings. The first kappa shape index (κ1) is 16.7. The van der Waals surface area contributed by atoms with Crippen LogP contribution in [-0.2, 0) is 6.42 Å². The normalized spacial score (nSPS) is 14.1. The van der Waals surface area contributed by atoms with Crippen LogP contribution in [0.25, 0.3) is 16.6 Å². The van der Waals surface area contributed by atoms with Crippen molar-refractivity contribution in [1.29, 1.82) is 0 Å². The molecule has 0 bridgehead atoms. The summed E-state index contributed by atoms with van der Waals surface area (Å²) >= 11 is 0. The van der Waals surface area contributed by atoms with Gasteiger partial charge in [-0.15, -0.1) is 5.10 Å². The lowest BCUT2D eigenvalue weighted by molar-refractivity contribution is 0.169. The van der Waals surface area contributed by atoms with Crippen molar-refractivity contribution in [2.75, 3.05) is 6.54 Å². The summed E-state index contributed by atoms with van der Waals surface area (Å²) in [6.07, 6.45) is 5.25. The molecule has 7 heteroatoms. The molecule has 26 heavy (non-hydrogen) atoms. The maximum absolute atomic E-state index is 10.4. The van der Waals surface area contributed by atoms with Crippen LogP contribution in [0.4, 0.5) is 0 Å². The predicted molar refractivity (Wildman–Crippen MR) is 99.8 cm³/mol. The largest absolute Gasteiger partial charge is 0.387 e. The Balaban J connectivity index is 1.31. The maximum Gasteiger partial charge on any atom is 0.179 e. The topological polar surface area (TPSA) is 91.1 Å². The molecule has 0 aliphatic heterocycles. The van der Waals surface area contributed by atoms with Crippen LogP contribution in [0.15, 0.2) is 48.8 Å². The summed E-state index contributed by atoms with van der Waals surface area (Å²) in [4.78, 5) is 3.32. The zero-order valence-electron chi connectivity index (χ0n) is 14.6. The number of aliphatic hydroxyl groups is 1. The van der Waals surface area contributed by atoms with E-state index < -0.39 is 6.10 Å². The summed E-state index contributed by atoms with van der Waals surface area (Å²) in [6.45, 7) is 2.63. The standard InChI is InChI=1S/C19H22N6O/c1-13(6-7-14-10-21-17-5-3-2-4-16(14)17)20-11-18(26)15-8-9-19-22-23-24-25(19)12-15/h2-5,8-10,12-13,18,20-21,26H,6-7,11H2,1H3. The molecule has 0 saturated heterocycles. The van der Waals surface area contributed by atoms with Crippen LogP contribution in [0.3, 0.4) is 0 Å². The van der Waals surface area contributed by atoms with Gasteiger partial charge in [0.2, 0.25) is 0 Å². The number of fused-ring (bicyclic) bond motifs is 2. The Bertz CT molecular complexity index is 1010. The number of para-hydroxylation sites is 1. The van der Waals surface area contributed by atoms with Gasteiger partial charge in [0.05, 0.1) is 6.10 Å². The third-order valence-corrected chi connectivity index (χ3v) is 4.78. The highest BCUT2D eigenvalue weighted by Gasteiger charge is 2.12. The number of H-pyrrole nitrogens is 1. The number of aryl methyl sites for hydroxylation is 1. The number of aromatic nitrogens is 5. The second-order valence-electron chi connectivity index (χ2n) is 6.67. The maximum atomic E-state index is 10.4. The second kappa shape index (κ2) is 7.23. The minimum absolute atomic E-state index is 0.301. The Hall–Kier alpha value is -2.77. The molecule has 3 heterocycles. The Kier molecular flexibility index (Phi) is 4.64. The highest BCUT2D eigenvalue weighted by molar-refractivity contribution is 5.82. The van der Waals surface area contributed by atoms with Crippen molar-refractivity contribution in [3.05, 3.63) is 59.9 Å². The lowest BCUT2D eigenvalue weighted by atomic mass is 10.0. The Morgan fingerprint density at radius 1 is 1.23 bits per heavy atom. The number of pyridine rings is 1. The average molecular weight is 350 g/mol. The Labute approximate surface area is 151 Å². The van der Waals surface area contributed by atoms with Crippen molar-refractivity contribution in [2.24, 2.45) is 0 Å². The van der Waals surface area contributed by atoms with Gasteiger partial charge in [-0.25, -0.2) is 4.52 Å². The highest BCUT2D eigenvalue weighted by Crippen LogP contribution is 2.19. The number of benzene rings is 1. The molecular formula is C19H22N6O. The highest BCUT2D eigenvalue weighted by atomic mass is 16.3. The predicted octanol–water partition coefficient (Wildman–Crippen LogP) is 2.25. The minimum atomic E-state index is -0.598. The third kappa shape index (κ3) is 3.44. The number of aliphatic hydroxyl groups excluding tert-OH is 1. The molecule has 7 nitrogen and oxygen atoms in total. The molecule has 2 atom stereocenters. The number of hydrogen-bond donors (Lipinski definition) is 3. The zero-order valence-corrected chi connectivity index (χ0v) is 14.6. The van der Waals surface area contributed by atoms with Crippen LogP contribution in [0.1, 0.15) is 30.6 Å². The van der Waals surface area contributed by atoms with Crippen LogP contribution in [0, 0.1) is 0 Å². The molecule has 0 amide bonds. The monoisotopic (exact) mass is 350 g/mol. The van der Waals surface area contributed by atoms with E-state index in [9.17, 15) is 5.11 Å². The van der Waals surface area contributed by atoms with Crippen molar-refractivity contribution >= 4 is 16.6 Å². The van der Waals surface area contributed by atoms with Crippen molar-refractivity contribution in [2.45, 2.75) is 31.9 Å². The minimum Gasteiger partial charge on any atom is -0.387 e. The van der Waals surface area contributed by atoms with Gasteiger partial charge in [-0.05, 0) is 47.9 Å². The lowest BCUT2D eigenvalue weighted by Gasteiger charge is -2.17. The summed E-state index contributed by atoms with van der Waals surface area (Å²) in [7, 11) is 0. The molecule has 4 rings (SSSR count). The fourth-order valence-corrected chi connectivity index (χ4v) is 3.20. The Morgan fingerprint density at radius 3 is 3.04 bits per heavy atom. The van der Waals surface area contributed by atoms with Crippen LogP contribution >= 0.6 is 0 Å². The number of aromatic amines is 1. The molecule has 134 valence electrons. The molecule has 0 aliphatic carbocycles. The van der Waals surface area contributed by atoms with E-state index in [1.807, 2.05) is 12.1 Å². The van der Waals surface area contributed by atoms with Gasteiger partial charge >= 0.3 is 0 Å². The molecule has 0 radical (unpaired) electrons. The summed E-state index contributed by atoms with van der Waals surface area (Å²) in [5, 5.41) is 26.4. The van der Waals surface area contributed by atoms with Gasteiger partial charge in [-0.3, -0.25) is 0 Å². The van der Waals surface area contributed by atoms with E-state index in [1.165, 1.54) is 16.5 Å². The fraction of sp³-hybridized carbons (Fsp3) is 0.316. The number of hydrogen-bond acceptors (Lipinski definition) is 5. The van der Waals surface area contributed by atoms with Gasteiger partial charge in [-0.2, -0.15) is 0 Å². The summed E-state index contributed by atoms with van der Waals surface area (Å²) in [5.41, 5.74) is 3.97. The van der Waals surface area contributed by atoms with Crippen molar-refractivity contribution in [3.63, 3.8) is 0 Å². The smallest absolute Gasteiger partial charge is 0.179 e. The third-order valence-electron chi connectivity index (χ3n) is 4.78. The van der Waals surface area contributed by atoms with E-state index in [1.54, 1.807) is 16.8 Å². The summed E-state index contributed by atoms with van der Waals surface area (Å²) < 4.78 is 1.57. The number of nitrogens with one attached hydrogen (secondary N) is 2. The SMILES string of the molecule is CC(CCc1c[nH]c2ccccc12)NCC(O)c1ccc2nnnn2c1. The van der Waals surface area contributed by atoms with E-state index in [2.05, 4.69) is 57.1 Å². The van der Waals surface area contributed by atoms with Crippen LogP contribution in [-0.4, -0.2) is 42.7 Å². The number of rotatable bonds is 7. The fourth-order valence-electron chi connectivity index (χ4n) is 3.20. The zero-order chi connectivity index (χ0) is 17.9. The molecule has 1 aromatic carbocycles. The van der Waals surface area contributed by atoms with Gasteiger partial charge < -0.3 is 15.4 Å². The number of tetrazole rings is 1. The molecule has 0 spiro atoms. The summed E-state index contributed by atoms with van der Waals surface area (Å²) in [5.74, 6) is 0. The van der Waals surface area contributed by atoms with E-state index >= 15 is 0 Å². The molecule has 3 aromatic heterocycles. The quantitative estimate of drug-likeness (QED) is 0.475. The van der Waals surface area contributed by atoms with E-state index in [0.717, 1.165) is 18.4 Å². The van der Waals surface area contributed by atoms with Crippen LogP contribution in [0.2, 0.25) is 0 Å². The van der Waals surface area contributed by atoms with E-state index in [4.69, 9.17) is 0 Å². The van der Waals surface area contributed by atoms with Gasteiger partial charge in [0.25, 0.3) is 0 Å². The first-order valence-electron chi connectivity index (χ1n) is 8.85. The van der Waals surface area contributed by atoms with Crippen LogP contribution in [0.5, 0.6) is 0 Å². The molecule has 0 fully saturated rings. The van der Waals surface area contributed by atoms with Crippen molar-refractivity contribution in [1.82, 2.24) is 30.3 Å². The molecule has 0 aliphatic rings.